The number of rotatable bonds is 7. The first-order valence-electron chi connectivity index (χ1n) is 10.5. The third-order valence-electron chi connectivity index (χ3n) is 5.32. The highest BCUT2D eigenvalue weighted by Gasteiger charge is 2.21. The number of carbonyl (C=O) groups excluding carboxylic acids is 1. The normalized spacial score (nSPS) is 15.5. The Hall–Kier alpha value is -2.14. The minimum atomic E-state index is -0.736. The molecule has 4 rings (SSSR count). The van der Waals surface area contributed by atoms with Crippen LogP contribution >= 0.6 is 36.7 Å². The first-order chi connectivity index (χ1) is 15.9. The van der Waals surface area contributed by atoms with Crippen molar-refractivity contribution < 1.29 is 19.0 Å². The quantitative estimate of drug-likeness (QED) is 0.490. The molecule has 0 spiro atoms. The van der Waals surface area contributed by atoms with Gasteiger partial charge in [0.15, 0.2) is 0 Å². The smallest absolute Gasteiger partial charge is 0.284 e. The highest BCUT2D eigenvalue weighted by atomic mass is 35.5. The Bertz CT molecular complexity index is 1150. The van der Waals surface area contributed by atoms with E-state index in [1.165, 1.54) is 12.1 Å². The number of carbonyl (C=O) groups is 1. The van der Waals surface area contributed by atoms with Crippen molar-refractivity contribution in [1.29, 1.82) is 0 Å². The fourth-order valence-corrected chi connectivity index (χ4v) is 3.87. The van der Waals surface area contributed by atoms with Crippen LogP contribution < -0.4 is 10.2 Å². The molecule has 1 fully saturated rings. The summed E-state index contributed by atoms with van der Waals surface area (Å²) in [7, 11) is 0. The van der Waals surface area contributed by atoms with Gasteiger partial charge in [-0.05, 0) is 36.4 Å². The molecular formula is C23H25Cl2FN4O3S. The van der Waals surface area contributed by atoms with E-state index in [4.69, 9.17) is 27.9 Å². The second kappa shape index (κ2) is 12.0. The lowest BCUT2D eigenvalue weighted by Crippen LogP contribution is -2.55. The van der Waals surface area contributed by atoms with Crippen LogP contribution in [0, 0.1) is 5.82 Å². The van der Waals surface area contributed by atoms with Gasteiger partial charge in [-0.25, -0.2) is 14.4 Å². The molecule has 1 atom stereocenters. The molecule has 0 radical (unpaired) electrons. The molecule has 34 heavy (non-hydrogen) atoms. The number of amides is 1. The number of nitrogens with zero attached hydrogens (tertiary/aromatic N) is 3. The molecule has 0 bridgehead atoms. The molecule has 3 aromatic rings. The average molecular weight is 527 g/mol. The van der Waals surface area contributed by atoms with Crippen LogP contribution in [-0.4, -0.2) is 71.3 Å². The minimum Gasteiger partial charge on any atom is -0.491 e. The number of hydrazine groups is 1. The fourth-order valence-electron chi connectivity index (χ4n) is 3.58. The molecule has 11 heteroatoms. The summed E-state index contributed by atoms with van der Waals surface area (Å²) in [6.07, 6.45) is -0.736. The number of fused-ring (bicyclic) bond motifs is 1. The largest absolute Gasteiger partial charge is 0.491 e. The maximum absolute atomic E-state index is 13.5. The molecule has 2 N–H and O–H groups in total. The number of aliphatic hydroxyl groups is 1. The van der Waals surface area contributed by atoms with Gasteiger partial charge >= 0.3 is 0 Å². The Morgan fingerprint density at radius 2 is 1.88 bits per heavy atom. The van der Waals surface area contributed by atoms with E-state index in [1.54, 1.807) is 30.3 Å². The van der Waals surface area contributed by atoms with Crippen LogP contribution in [0.3, 0.4) is 0 Å². The molecule has 2 aromatic carbocycles. The first-order valence-corrected chi connectivity index (χ1v) is 11.2. The van der Waals surface area contributed by atoms with E-state index in [-0.39, 0.29) is 31.0 Å². The average Bonchev–Trinajstić information content (AvgIpc) is 2.80. The molecule has 1 aliphatic rings. The molecule has 0 saturated carbocycles. The number of hydrogen-bond donors (Lipinski definition) is 2. The highest BCUT2D eigenvalue weighted by molar-refractivity contribution is 7.59. The Morgan fingerprint density at radius 3 is 2.62 bits per heavy atom. The van der Waals surface area contributed by atoms with E-state index in [2.05, 4.69) is 15.3 Å². The number of halogens is 3. The van der Waals surface area contributed by atoms with Crippen molar-refractivity contribution in [3.05, 3.63) is 70.1 Å². The monoisotopic (exact) mass is 526 g/mol. The maximum atomic E-state index is 13.5. The predicted octanol–water partition coefficient (Wildman–Crippen LogP) is 3.50. The number of hydrogen-bond acceptors (Lipinski definition) is 6. The summed E-state index contributed by atoms with van der Waals surface area (Å²) in [6, 6.07) is 13.0. The topological polar surface area (TPSA) is 77.9 Å². The standard InChI is InChI=1S/C23H23Cl2FN4O3.H2S/c24-16-2-6-21-15(11-16)1-5-22(27-21)23(32)28-30-9-7-29(8-10-30)13-17(31)14-33-18-3-4-19(25)20(26)12-18;/h1-6,11-12,17,31H,7-10,13-14H2,(H,28,32);1H2/t17-;/m0./s1. The number of nitrogens with one attached hydrogen (secondary N) is 1. The van der Waals surface area contributed by atoms with Gasteiger partial charge in [-0.1, -0.05) is 29.3 Å². The summed E-state index contributed by atoms with van der Waals surface area (Å²) >= 11 is 11.6. The second-order valence-corrected chi connectivity index (χ2v) is 8.65. The van der Waals surface area contributed by atoms with Gasteiger partial charge < -0.3 is 9.84 Å². The second-order valence-electron chi connectivity index (χ2n) is 7.80. The van der Waals surface area contributed by atoms with Gasteiger partial charge in [0.1, 0.15) is 30.0 Å². The molecule has 182 valence electrons. The van der Waals surface area contributed by atoms with Crippen LogP contribution in [0.1, 0.15) is 10.5 Å². The van der Waals surface area contributed by atoms with Crippen molar-refractivity contribution in [3.8, 4) is 5.75 Å². The highest BCUT2D eigenvalue weighted by Crippen LogP contribution is 2.21. The summed E-state index contributed by atoms with van der Waals surface area (Å²) in [4.78, 5) is 19.1. The molecular weight excluding hydrogens is 502 g/mol. The van der Waals surface area contributed by atoms with Crippen LogP contribution in [0.2, 0.25) is 10.0 Å². The lowest BCUT2D eigenvalue weighted by atomic mass is 10.2. The van der Waals surface area contributed by atoms with Crippen molar-refractivity contribution in [2.45, 2.75) is 6.10 Å². The van der Waals surface area contributed by atoms with Crippen LogP contribution in [0.4, 0.5) is 4.39 Å². The molecule has 1 aliphatic heterocycles. The summed E-state index contributed by atoms with van der Waals surface area (Å²) in [5.74, 6) is -0.525. The Balaban J connectivity index is 0.00000324. The van der Waals surface area contributed by atoms with Crippen LogP contribution in [-0.2, 0) is 0 Å². The number of aliphatic hydroxyl groups excluding tert-OH is 1. The lowest BCUT2D eigenvalue weighted by Gasteiger charge is -2.35. The van der Waals surface area contributed by atoms with Crippen LogP contribution in [0.15, 0.2) is 48.5 Å². The van der Waals surface area contributed by atoms with Gasteiger partial charge in [0, 0.05) is 49.2 Å². The Kier molecular flexibility index (Phi) is 9.35. The number of pyridine rings is 1. The van der Waals surface area contributed by atoms with E-state index in [0.29, 0.717) is 54.7 Å². The molecule has 0 unspecified atom stereocenters. The summed E-state index contributed by atoms with van der Waals surface area (Å²) < 4.78 is 18.9. The van der Waals surface area contributed by atoms with Crippen molar-refractivity contribution in [2.75, 3.05) is 39.3 Å². The van der Waals surface area contributed by atoms with Crippen molar-refractivity contribution in [2.24, 2.45) is 0 Å². The number of β-amino-alcohol motifs (C(OH)–C–C–N with tert-alkyl or cyclic N) is 1. The van der Waals surface area contributed by atoms with E-state index < -0.39 is 11.9 Å². The molecule has 0 aliphatic carbocycles. The Morgan fingerprint density at radius 1 is 1.12 bits per heavy atom. The SMILES string of the molecule is O=C(NN1CCN(C[C@H](O)COc2ccc(Cl)c(F)c2)CC1)c1ccc2cc(Cl)ccc2n1.S. The zero-order valence-corrected chi connectivity index (χ0v) is 20.7. The van der Waals surface area contributed by atoms with Gasteiger partial charge in [0.25, 0.3) is 5.91 Å². The minimum absolute atomic E-state index is 0. The molecule has 1 saturated heterocycles. The fraction of sp³-hybridized carbons (Fsp3) is 0.304. The van der Waals surface area contributed by atoms with E-state index in [9.17, 15) is 14.3 Å². The van der Waals surface area contributed by atoms with E-state index in [0.717, 1.165) is 5.39 Å². The van der Waals surface area contributed by atoms with Crippen molar-refractivity contribution in [1.82, 2.24) is 20.3 Å². The molecule has 1 aromatic heterocycles. The van der Waals surface area contributed by atoms with Gasteiger partial charge in [-0.15, -0.1) is 0 Å². The number of piperazine rings is 1. The van der Waals surface area contributed by atoms with E-state index >= 15 is 0 Å². The third-order valence-corrected chi connectivity index (χ3v) is 5.86. The Labute approximate surface area is 213 Å². The summed E-state index contributed by atoms with van der Waals surface area (Å²) in [5, 5.41) is 13.6. The van der Waals surface area contributed by atoms with Crippen LogP contribution in [0.5, 0.6) is 5.75 Å². The summed E-state index contributed by atoms with van der Waals surface area (Å²) in [5.41, 5.74) is 3.92. The molecule has 7 nitrogen and oxygen atoms in total. The predicted molar refractivity (Wildman–Crippen MR) is 136 cm³/mol. The van der Waals surface area contributed by atoms with Gasteiger partial charge in [0.05, 0.1) is 10.5 Å². The zero-order valence-electron chi connectivity index (χ0n) is 18.2. The number of aromatic nitrogens is 1. The van der Waals surface area contributed by atoms with Crippen molar-refractivity contribution in [3.63, 3.8) is 0 Å². The van der Waals surface area contributed by atoms with Crippen LogP contribution in [0.25, 0.3) is 10.9 Å². The van der Waals surface area contributed by atoms with Crippen molar-refractivity contribution >= 4 is 53.5 Å². The summed E-state index contributed by atoms with van der Waals surface area (Å²) in [6.45, 7) is 2.98. The zero-order chi connectivity index (χ0) is 23.4. The molecule has 2 heterocycles. The number of benzene rings is 2. The maximum Gasteiger partial charge on any atom is 0.284 e. The number of ether oxygens (including phenoxy) is 1. The lowest BCUT2D eigenvalue weighted by molar-refractivity contribution is 0.0315. The van der Waals surface area contributed by atoms with Gasteiger partial charge in [-0.3, -0.25) is 15.1 Å². The van der Waals surface area contributed by atoms with Gasteiger partial charge in [-0.2, -0.15) is 13.5 Å². The van der Waals surface area contributed by atoms with Gasteiger partial charge in [0.2, 0.25) is 0 Å². The molecule has 1 amide bonds. The van der Waals surface area contributed by atoms with E-state index in [1.807, 2.05) is 11.1 Å². The third kappa shape index (κ3) is 6.94. The first kappa shape index (κ1) is 26.5.